The van der Waals surface area contributed by atoms with Crippen LogP contribution in [0.25, 0.3) is 0 Å². The number of rotatable bonds is 7. The van der Waals surface area contributed by atoms with Crippen molar-refractivity contribution in [2.24, 2.45) is 0 Å². The SMILES string of the molecule is CCNc1ncc(C(=O)NCC(C)(C)OCC)cc1Cl. The van der Waals surface area contributed by atoms with Gasteiger partial charge in [-0.2, -0.15) is 0 Å². The van der Waals surface area contributed by atoms with Crippen molar-refractivity contribution < 1.29 is 9.53 Å². The van der Waals surface area contributed by atoms with Gasteiger partial charge in [0.2, 0.25) is 0 Å². The lowest BCUT2D eigenvalue weighted by Gasteiger charge is -2.24. The molecule has 0 aliphatic heterocycles. The van der Waals surface area contributed by atoms with E-state index >= 15 is 0 Å². The maximum absolute atomic E-state index is 12.0. The third-order valence-electron chi connectivity index (χ3n) is 2.66. The van der Waals surface area contributed by atoms with E-state index in [9.17, 15) is 4.79 Å². The van der Waals surface area contributed by atoms with Crippen LogP contribution in [0.15, 0.2) is 12.3 Å². The second-order valence-corrected chi connectivity index (χ2v) is 5.37. The van der Waals surface area contributed by atoms with E-state index in [0.29, 0.717) is 29.6 Å². The Kier molecular flexibility index (Phi) is 6.23. The molecule has 112 valence electrons. The number of anilines is 1. The molecule has 0 aliphatic carbocycles. The van der Waals surface area contributed by atoms with Gasteiger partial charge in [0, 0.05) is 25.9 Å². The van der Waals surface area contributed by atoms with Gasteiger partial charge >= 0.3 is 0 Å². The molecule has 1 aromatic heterocycles. The molecule has 20 heavy (non-hydrogen) atoms. The molecular formula is C14H22ClN3O2. The van der Waals surface area contributed by atoms with Crippen LogP contribution in [0.3, 0.4) is 0 Å². The summed E-state index contributed by atoms with van der Waals surface area (Å²) in [6, 6.07) is 1.61. The highest BCUT2D eigenvalue weighted by molar-refractivity contribution is 6.33. The van der Waals surface area contributed by atoms with Gasteiger partial charge in [-0.1, -0.05) is 11.6 Å². The Balaban J connectivity index is 2.66. The molecule has 0 aliphatic rings. The first kappa shape index (κ1) is 16.7. The zero-order valence-corrected chi connectivity index (χ0v) is 13.2. The van der Waals surface area contributed by atoms with Crippen LogP contribution in [0.2, 0.25) is 5.02 Å². The second-order valence-electron chi connectivity index (χ2n) is 4.96. The van der Waals surface area contributed by atoms with Crippen LogP contribution in [0.4, 0.5) is 5.82 Å². The summed E-state index contributed by atoms with van der Waals surface area (Å²) in [7, 11) is 0. The standard InChI is InChI=1S/C14H22ClN3O2/c1-5-16-12-11(15)7-10(8-17-12)13(19)18-9-14(3,4)20-6-2/h7-8H,5-6,9H2,1-4H3,(H,16,17)(H,18,19). The van der Waals surface area contributed by atoms with E-state index in [0.717, 1.165) is 6.54 Å². The first-order valence-corrected chi connectivity index (χ1v) is 7.09. The summed E-state index contributed by atoms with van der Waals surface area (Å²) in [6.07, 6.45) is 1.51. The Hall–Kier alpha value is -1.33. The summed E-state index contributed by atoms with van der Waals surface area (Å²) < 4.78 is 5.52. The van der Waals surface area contributed by atoms with Crippen molar-refractivity contribution >= 4 is 23.3 Å². The molecule has 1 heterocycles. The second kappa shape index (κ2) is 7.45. The highest BCUT2D eigenvalue weighted by atomic mass is 35.5. The van der Waals surface area contributed by atoms with Gasteiger partial charge < -0.3 is 15.4 Å². The quantitative estimate of drug-likeness (QED) is 0.812. The number of hydrogen-bond donors (Lipinski definition) is 2. The van der Waals surface area contributed by atoms with Crippen LogP contribution in [0, 0.1) is 0 Å². The van der Waals surface area contributed by atoms with E-state index in [1.165, 1.54) is 6.20 Å². The maximum atomic E-state index is 12.0. The molecule has 1 rings (SSSR count). The van der Waals surface area contributed by atoms with Gasteiger partial charge in [-0.3, -0.25) is 4.79 Å². The van der Waals surface area contributed by atoms with Gasteiger partial charge in [0.25, 0.3) is 5.91 Å². The number of nitrogens with one attached hydrogen (secondary N) is 2. The normalized spacial score (nSPS) is 11.2. The molecule has 0 spiro atoms. The monoisotopic (exact) mass is 299 g/mol. The topological polar surface area (TPSA) is 63.2 Å². The molecule has 2 N–H and O–H groups in total. The Labute approximate surface area is 125 Å². The fourth-order valence-electron chi connectivity index (χ4n) is 1.70. The number of amides is 1. The highest BCUT2D eigenvalue weighted by Crippen LogP contribution is 2.19. The fourth-order valence-corrected chi connectivity index (χ4v) is 1.93. The Morgan fingerprint density at radius 3 is 2.70 bits per heavy atom. The van der Waals surface area contributed by atoms with Crippen molar-refractivity contribution in [3.05, 3.63) is 22.8 Å². The van der Waals surface area contributed by atoms with Gasteiger partial charge in [-0.25, -0.2) is 4.98 Å². The number of ether oxygens (including phenoxy) is 1. The maximum Gasteiger partial charge on any atom is 0.253 e. The highest BCUT2D eigenvalue weighted by Gasteiger charge is 2.19. The van der Waals surface area contributed by atoms with Gasteiger partial charge in [0.15, 0.2) is 0 Å². The number of carbonyl (C=O) groups is 1. The summed E-state index contributed by atoms with van der Waals surface area (Å²) >= 11 is 6.06. The molecule has 0 unspecified atom stereocenters. The molecule has 0 bridgehead atoms. The molecule has 1 aromatic rings. The molecule has 0 radical (unpaired) electrons. The predicted octanol–water partition coefficient (Wildman–Crippen LogP) is 2.71. The molecule has 0 fully saturated rings. The van der Waals surface area contributed by atoms with E-state index in [-0.39, 0.29) is 5.91 Å². The third-order valence-corrected chi connectivity index (χ3v) is 2.95. The lowest BCUT2D eigenvalue weighted by molar-refractivity contribution is -0.00815. The summed E-state index contributed by atoms with van der Waals surface area (Å²) in [5.41, 5.74) is 0.0367. The lowest BCUT2D eigenvalue weighted by atomic mass is 10.1. The number of pyridine rings is 1. The number of hydrogen-bond acceptors (Lipinski definition) is 4. The number of halogens is 1. The van der Waals surface area contributed by atoms with E-state index in [1.54, 1.807) is 6.07 Å². The summed E-state index contributed by atoms with van der Waals surface area (Å²) in [5.74, 6) is 0.371. The van der Waals surface area contributed by atoms with Gasteiger partial charge in [-0.15, -0.1) is 0 Å². The molecule has 0 saturated carbocycles. The minimum Gasteiger partial charge on any atom is -0.374 e. The van der Waals surface area contributed by atoms with Crippen molar-refractivity contribution in [1.29, 1.82) is 0 Å². The lowest BCUT2D eigenvalue weighted by Crippen LogP contribution is -2.40. The summed E-state index contributed by atoms with van der Waals surface area (Å²) in [5, 5.41) is 6.27. The third kappa shape index (κ3) is 4.98. The van der Waals surface area contributed by atoms with E-state index in [2.05, 4.69) is 15.6 Å². The molecule has 5 nitrogen and oxygen atoms in total. The van der Waals surface area contributed by atoms with Crippen LogP contribution in [-0.4, -0.2) is 36.2 Å². The fraction of sp³-hybridized carbons (Fsp3) is 0.571. The molecule has 0 atom stereocenters. The Morgan fingerprint density at radius 1 is 1.45 bits per heavy atom. The van der Waals surface area contributed by atoms with Crippen LogP contribution < -0.4 is 10.6 Å². The average molecular weight is 300 g/mol. The number of carbonyl (C=O) groups excluding carboxylic acids is 1. The largest absolute Gasteiger partial charge is 0.374 e. The smallest absolute Gasteiger partial charge is 0.253 e. The zero-order chi connectivity index (χ0) is 15.2. The van der Waals surface area contributed by atoms with Crippen LogP contribution in [0.5, 0.6) is 0 Å². The van der Waals surface area contributed by atoms with Crippen molar-refractivity contribution in [3.63, 3.8) is 0 Å². The molecule has 0 aromatic carbocycles. The van der Waals surface area contributed by atoms with Gasteiger partial charge in [0.05, 0.1) is 16.2 Å². The Bertz CT molecular complexity index is 464. The average Bonchev–Trinajstić information content (AvgIpc) is 2.38. The number of nitrogens with zero attached hydrogens (tertiary/aromatic N) is 1. The van der Waals surface area contributed by atoms with E-state index in [4.69, 9.17) is 16.3 Å². The van der Waals surface area contributed by atoms with Gasteiger partial charge in [0.1, 0.15) is 5.82 Å². The van der Waals surface area contributed by atoms with Crippen molar-refractivity contribution in [2.45, 2.75) is 33.3 Å². The van der Waals surface area contributed by atoms with Crippen LogP contribution in [-0.2, 0) is 4.74 Å². The van der Waals surface area contributed by atoms with Gasteiger partial charge in [-0.05, 0) is 33.8 Å². The van der Waals surface area contributed by atoms with Crippen LogP contribution in [0.1, 0.15) is 38.1 Å². The molecule has 1 amide bonds. The number of aromatic nitrogens is 1. The van der Waals surface area contributed by atoms with Crippen LogP contribution >= 0.6 is 11.6 Å². The van der Waals surface area contributed by atoms with E-state index < -0.39 is 5.60 Å². The predicted molar refractivity (Wildman–Crippen MR) is 81.4 cm³/mol. The molecule has 0 saturated heterocycles. The van der Waals surface area contributed by atoms with E-state index in [1.807, 2.05) is 27.7 Å². The first-order valence-electron chi connectivity index (χ1n) is 6.71. The molecular weight excluding hydrogens is 278 g/mol. The minimum absolute atomic E-state index is 0.213. The van der Waals surface area contributed by atoms with Crippen molar-refractivity contribution in [1.82, 2.24) is 10.3 Å². The molecule has 6 heteroatoms. The summed E-state index contributed by atoms with van der Waals surface area (Å²) in [4.78, 5) is 16.2. The Morgan fingerprint density at radius 2 is 2.15 bits per heavy atom. The van der Waals surface area contributed by atoms with Crippen molar-refractivity contribution in [3.8, 4) is 0 Å². The first-order chi connectivity index (χ1) is 9.39. The summed E-state index contributed by atoms with van der Waals surface area (Å²) in [6.45, 7) is 9.48. The minimum atomic E-state index is -0.397. The zero-order valence-electron chi connectivity index (χ0n) is 12.4. The van der Waals surface area contributed by atoms with Crippen molar-refractivity contribution in [2.75, 3.05) is 25.0 Å².